The summed E-state index contributed by atoms with van der Waals surface area (Å²) in [5.41, 5.74) is 9.92. The van der Waals surface area contributed by atoms with Crippen LogP contribution >= 0.6 is 7.59 Å². The Balaban J connectivity index is 4.23. The Labute approximate surface area is 69.0 Å². The van der Waals surface area contributed by atoms with Gasteiger partial charge in [-0.05, 0) is 20.8 Å². The van der Waals surface area contributed by atoms with Crippen molar-refractivity contribution in [1.82, 2.24) is 4.49 Å². The van der Waals surface area contributed by atoms with Gasteiger partial charge in [-0.15, -0.1) is 0 Å². The van der Waals surface area contributed by atoms with Gasteiger partial charge < -0.3 is 0 Å². The fourth-order valence-electron chi connectivity index (χ4n) is 0.267. The van der Waals surface area contributed by atoms with E-state index in [4.69, 9.17) is 11.0 Å². The Morgan fingerprint density at radius 3 is 1.82 bits per heavy atom. The van der Waals surface area contributed by atoms with Crippen LogP contribution in [0.5, 0.6) is 0 Å². The topological polar surface area (TPSA) is 98.2 Å². The van der Waals surface area contributed by atoms with Crippen molar-refractivity contribution in [1.29, 1.82) is 0 Å². The highest BCUT2D eigenvalue weighted by Gasteiger charge is 2.23. The maximum absolute atomic E-state index is 11.1. The Morgan fingerprint density at radius 1 is 1.36 bits per heavy atom. The summed E-state index contributed by atoms with van der Waals surface area (Å²) in [4.78, 5) is 0. The highest BCUT2D eigenvalue weighted by Crippen LogP contribution is 2.22. The zero-order chi connectivity index (χ0) is 9.28. The number of nitrogens with two attached hydrogens (primary N) is 2. The minimum atomic E-state index is -3.37. The fourth-order valence-corrected chi connectivity index (χ4v) is 2.40. The molecule has 7 heteroatoms. The molecule has 0 bridgehead atoms. The second-order valence-corrected chi connectivity index (χ2v) is 7.09. The van der Waals surface area contributed by atoms with Gasteiger partial charge in [0.1, 0.15) is 11.0 Å². The molecule has 0 spiro atoms. The Hall–Kier alpha value is 0.260. The van der Waals surface area contributed by atoms with Gasteiger partial charge in [0.05, 0.1) is 4.75 Å². The van der Waals surface area contributed by atoms with Gasteiger partial charge in [-0.1, -0.05) is 0 Å². The largest absolute Gasteiger partial charge is 0.285 e. The molecule has 0 amide bonds. The van der Waals surface area contributed by atoms with Gasteiger partial charge in [0.15, 0.2) is 0 Å². The molecule has 0 radical (unpaired) electrons. The third-order valence-electron chi connectivity index (χ3n) is 0.782. The summed E-state index contributed by atoms with van der Waals surface area (Å²) in [6, 6.07) is 0. The van der Waals surface area contributed by atoms with Crippen LogP contribution in [0.2, 0.25) is 0 Å². The summed E-state index contributed by atoms with van der Waals surface area (Å²) in [5.74, 6) is 0. The summed E-state index contributed by atoms with van der Waals surface area (Å²) < 4.78 is 23.5. The van der Waals surface area contributed by atoms with Gasteiger partial charge in [0.2, 0.25) is 0 Å². The van der Waals surface area contributed by atoms with E-state index in [9.17, 15) is 8.77 Å². The second-order valence-electron chi connectivity index (χ2n) is 3.18. The Morgan fingerprint density at radius 2 is 1.73 bits per heavy atom. The summed E-state index contributed by atoms with van der Waals surface area (Å²) >= 11 is 0. The lowest BCUT2D eigenvalue weighted by molar-refractivity contribution is 0.572. The highest BCUT2D eigenvalue weighted by molar-refractivity contribution is 7.91. The summed E-state index contributed by atoms with van der Waals surface area (Å²) in [7, 11) is -4.84. The second kappa shape index (κ2) is 3.33. The highest BCUT2D eigenvalue weighted by atomic mass is 32.2. The van der Waals surface area contributed by atoms with Gasteiger partial charge in [0.25, 0.3) is 7.59 Å². The van der Waals surface area contributed by atoms with Gasteiger partial charge in [-0.25, -0.2) is 4.21 Å². The van der Waals surface area contributed by atoms with E-state index in [0.717, 1.165) is 0 Å². The molecule has 0 aromatic carbocycles. The van der Waals surface area contributed by atoms with Gasteiger partial charge in [0, 0.05) is 0 Å². The molecule has 1 atom stereocenters. The summed E-state index contributed by atoms with van der Waals surface area (Å²) in [6.07, 6.45) is 0. The van der Waals surface area contributed by atoms with Crippen molar-refractivity contribution in [2.75, 3.05) is 0 Å². The average Bonchev–Trinajstić information content (AvgIpc) is 1.56. The molecule has 11 heavy (non-hydrogen) atoms. The van der Waals surface area contributed by atoms with Gasteiger partial charge in [-0.3, -0.25) is 15.6 Å². The maximum Gasteiger partial charge on any atom is 0.285 e. The normalized spacial score (nSPS) is 16.5. The molecule has 0 aliphatic carbocycles. The van der Waals surface area contributed by atoms with Crippen molar-refractivity contribution >= 4 is 18.6 Å². The first-order valence-corrected chi connectivity index (χ1v) is 5.99. The van der Waals surface area contributed by atoms with Crippen LogP contribution in [0, 0.1) is 0 Å². The Bertz CT molecular complexity index is 206. The fraction of sp³-hybridized carbons (Fsp3) is 1.00. The lowest BCUT2D eigenvalue weighted by Crippen LogP contribution is -2.35. The number of hydrogen-bond donors (Lipinski definition) is 3. The predicted molar refractivity (Wildman–Crippen MR) is 47.0 cm³/mol. The van der Waals surface area contributed by atoms with Crippen molar-refractivity contribution in [3.05, 3.63) is 0 Å². The van der Waals surface area contributed by atoms with Crippen LogP contribution in [0.3, 0.4) is 0 Å². The first kappa shape index (κ1) is 11.3. The molecule has 0 aromatic heterocycles. The van der Waals surface area contributed by atoms with Gasteiger partial charge in [-0.2, -0.15) is 4.49 Å². The molecule has 1 unspecified atom stereocenters. The van der Waals surface area contributed by atoms with Crippen molar-refractivity contribution in [3.63, 3.8) is 0 Å². The van der Waals surface area contributed by atoms with E-state index in [1.54, 1.807) is 20.8 Å². The van der Waals surface area contributed by atoms with Crippen molar-refractivity contribution in [2.24, 2.45) is 11.0 Å². The first-order valence-electron chi connectivity index (χ1n) is 3.00. The predicted octanol–water partition coefficient (Wildman–Crippen LogP) is 0.0637. The molecule has 68 valence electrons. The van der Waals surface area contributed by atoms with Crippen LogP contribution in [-0.4, -0.2) is 8.96 Å². The first-order chi connectivity index (χ1) is 4.63. The van der Waals surface area contributed by atoms with E-state index in [2.05, 4.69) is 4.49 Å². The van der Waals surface area contributed by atoms with Crippen LogP contribution in [0.25, 0.3) is 0 Å². The third kappa shape index (κ3) is 5.52. The molecule has 0 fully saturated rings. The van der Waals surface area contributed by atoms with Crippen molar-refractivity contribution < 1.29 is 8.77 Å². The number of rotatable bonds is 2. The van der Waals surface area contributed by atoms with Crippen LogP contribution in [0.4, 0.5) is 0 Å². The van der Waals surface area contributed by atoms with Crippen LogP contribution < -0.4 is 15.5 Å². The van der Waals surface area contributed by atoms with Crippen LogP contribution in [-0.2, 0) is 15.6 Å². The minimum absolute atomic E-state index is 0.506. The van der Waals surface area contributed by atoms with Crippen LogP contribution in [0.1, 0.15) is 20.8 Å². The molecule has 5 N–H and O–H groups in total. The molecular weight excluding hydrogens is 185 g/mol. The van der Waals surface area contributed by atoms with E-state index >= 15 is 0 Å². The van der Waals surface area contributed by atoms with E-state index in [-0.39, 0.29) is 0 Å². The SMILES string of the molecule is CC(C)(C)S(=O)NP(N)(N)=O. The van der Waals surface area contributed by atoms with Crippen molar-refractivity contribution in [2.45, 2.75) is 25.5 Å². The lowest BCUT2D eigenvalue weighted by atomic mass is 10.3. The quantitative estimate of drug-likeness (QED) is 0.548. The molecule has 5 nitrogen and oxygen atoms in total. The van der Waals surface area contributed by atoms with Crippen molar-refractivity contribution in [3.8, 4) is 0 Å². The lowest BCUT2D eigenvalue weighted by Gasteiger charge is -2.19. The monoisotopic (exact) mass is 199 g/mol. The van der Waals surface area contributed by atoms with Gasteiger partial charge >= 0.3 is 0 Å². The average molecular weight is 199 g/mol. The number of nitrogens with one attached hydrogen (secondary N) is 1. The molecule has 0 aliphatic heterocycles. The smallest absolute Gasteiger partial charge is 0.271 e. The van der Waals surface area contributed by atoms with E-state index in [0.29, 0.717) is 0 Å². The van der Waals surface area contributed by atoms with E-state index < -0.39 is 23.3 Å². The molecule has 0 saturated heterocycles. The molecule has 0 aliphatic rings. The summed E-state index contributed by atoms with van der Waals surface area (Å²) in [6.45, 7) is 5.18. The number of hydrogen-bond acceptors (Lipinski definition) is 2. The molecule has 0 heterocycles. The maximum atomic E-state index is 11.1. The van der Waals surface area contributed by atoms with E-state index in [1.165, 1.54) is 0 Å². The third-order valence-corrected chi connectivity index (χ3v) is 3.70. The van der Waals surface area contributed by atoms with Crippen LogP contribution in [0.15, 0.2) is 0 Å². The molecule has 0 saturated carbocycles. The summed E-state index contributed by atoms with van der Waals surface area (Å²) in [5, 5.41) is 0. The molecule has 0 rings (SSSR count). The zero-order valence-corrected chi connectivity index (χ0v) is 8.54. The molecular formula is C4H14N3O2PS. The zero-order valence-electron chi connectivity index (χ0n) is 6.83. The molecule has 0 aromatic rings. The standard InChI is InChI=1S/C4H14N3O2PS/c1-4(2,3)11(9)7-10(5,6)8/h1-3H3,(H5,5,6,7,8). The van der Waals surface area contributed by atoms with E-state index in [1.807, 2.05) is 0 Å². The Kier molecular flexibility index (Phi) is 3.41. The minimum Gasteiger partial charge on any atom is -0.271 e.